The molecule has 0 aliphatic heterocycles. The molecule has 31 heavy (non-hydrogen) atoms. The van der Waals surface area contributed by atoms with E-state index in [0.717, 1.165) is 21.5 Å². The number of fused-ring (bicyclic) bond motifs is 3. The van der Waals surface area contributed by atoms with Crippen LogP contribution in [0.3, 0.4) is 0 Å². The van der Waals surface area contributed by atoms with Gasteiger partial charge in [0.2, 0.25) is 0 Å². The van der Waals surface area contributed by atoms with Gasteiger partial charge in [0.05, 0.1) is 29.3 Å². The van der Waals surface area contributed by atoms with E-state index >= 15 is 0 Å². The van der Waals surface area contributed by atoms with Gasteiger partial charge in [0.25, 0.3) is 5.56 Å². The summed E-state index contributed by atoms with van der Waals surface area (Å²) in [4.78, 5) is 57.3. The van der Waals surface area contributed by atoms with Gasteiger partial charge in [-0.15, -0.1) is 0 Å². The maximum Gasteiger partial charge on any atom is 0.332 e. The zero-order valence-corrected chi connectivity index (χ0v) is 18.2. The predicted molar refractivity (Wildman–Crippen MR) is 118 cm³/mol. The molecule has 158 valence electrons. The summed E-state index contributed by atoms with van der Waals surface area (Å²) in [7, 11) is 4.36. The third kappa shape index (κ3) is 3.17. The van der Waals surface area contributed by atoms with Gasteiger partial charge in [-0.1, -0.05) is 19.1 Å². The minimum absolute atomic E-state index is 0.00854. The Bertz CT molecular complexity index is 1430. The highest BCUT2D eigenvalue weighted by atomic mass is 32.2. The number of pyridine rings is 1. The quantitative estimate of drug-likeness (QED) is 0.578. The van der Waals surface area contributed by atoms with Crippen molar-refractivity contribution in [1.29, 1.82) is 0 Å². The summed E-state index contributed by atoms with van der Waals surface area (Å²) in [6.07, 6.45) is 1.61. The highest BCUT2D eigenvalue weighted by Crippen LogP contribution is 2.33. The monoisotopic (exact) mass is 437 g/mol. The van der Waals surface area contributed by atoms with Gasteiger partial charge in [-0.2, -0.15) is 0 Å². The SMILES string of the molecule is CCc1nc2c(c3c1C(=O)C(c1cccc(SOC)c1)=CC3=O)c(=O)n(C)c(=O)n2C. The maximum absolute atomic E-state index is 13.5. The molecule has 0 spiro atoms. The number of ketones is 2. The summed E-state index contributed by atoms with van der Waals surface area (Å²) >= 11 is 1.14. The molecule has 0 amide bonds. The van der Waals surface area contributed by atoms with Crippen LogP contribution in [0, 0.1) is 0 Å². The molecule has 2 heterocycles. The smallest absolute Gasteiger partial charge is 0.314 e. The Kier molecular flexibility index (Phi) is 5.24. The molecule has 0 atom stereocenters. The molecule has 0 saturated carbocycles. The van der Waals surface area contributed by atoms with Crippen LogP contribution in [0.1, 0.15) is 38.9 Å². The second-order valence-corrected chi connectivity index (χ2v) is 8.07. The Morgan fingerprint density at radius 2 is 1.81 bits per heavy atom. The molecule has 0 N–H and O–H groups in total. The molecule has 1 aromatic carbocycles. The highest BCUT2D eigenvalue weighted by Gasteiger charge is 2.33. The number of hydrogen-bond acceptors (Lipinski definition) is 7. The van der Waals surface area contributed by atoms with Crippen molar-refractivity contribution < 1.29 is 13.8 Å². The molecule has 0 bridgehead atoms. The van der Waals surface area contributed by atoms with Crippen molar-refractivity contribution in [1.82, 2.24) is 14.1 Å². The van der Waals surface area contributed by atoms with Gasteiger partial charge in [-0.25, -0.2) is 9.78 Å². The molecule has 3 aromatic rings. The first-order valence-corrected chi connectivity index (χ1v) is 10.3. The number of benzene rings is 1. The van der Waals surface area contributed by atoms with Crippen molar-refractivity contribution in [3.8, 4) is 0 Å². The standard InChI is InChI=1S/C22H19N3O5S/c1-5-14-16-17(18-20(23-14)24(2)22(29)25(3)21(18)28)15(26)10-13(19(16)27)11-7-6-8-12(9-11)31-30-4/h6-10H,5H2,1-4H3. The van der Waals surface area contributed by atoms with Crippen LogP contribution in [0.15, 0.2) is 44.8 Å². The van der Waals surface area contributed by atoms with Gasteiger partial charge in [0.15, 0.2) is 11.6 Å². The lowest BCUT2D eigenvalue weighted by molar-refractivity contribution is 0.100. The molecule has 4 rings (SSSR count). The average molecular weight is 437 g/mol. The van der Waals surface area contributed by atoms with Crippen molar-refractivity contribution in [2.75, 3.05) is 7.11 Å². The molecule has 0 fully saturated rings. The van der Waals surface area contributed by atoms with E-state index in [-0.39, 0.29) is 33.5 Å². The van der Waals surface area contributed by atoms with Crippen LogP contribution in [0.5, 0.6) is 0 Å². The number of hydrogen-bond donors (Lipinski definition) is 0. The Morgan fingerprint density at radius 3 is 2.48 bits per heavy atom. The molecular weight excluding hydrogens is 418 g/mol. The van der Waals surface area contributed by atoms with Crippen LogP contribution in [-0.4, -0.2) is 32.8 Å². The first-order valence-electron chi connectivity index (χ1n) is 9.54. The number of aromatic nitrogens is 3. The number of Topliss-reactive ketones (excluding diaryl/α,β-unsaturated/α-hetero) is 1. The van der Waals surface area contributed by atoms with Gasteiger partial charge in [0, 0.05) is 36.6 Å². The average Bonchev–Trinajstić information content (AvgIpc) is 2.77. The topological polar surface area (TPSA) is 100 Å². The maximum atomic E-state index is 13.5. The molecule has 8 nitrogen and oxygen atoms in total. The van der Waals surface area contributed by atoms with Gasteiger partial charge in [-0.3, -0.25) is 23.5 Å². The van der Waals surface area contributed by atoms with Crippen molar-refractivity contribution in [2.45, 2.75) is 18.2 Å². The minimum Gasteiger partial charge on any atom is -0.314 e. The first kappa shape index (κ1) is 21.0. The lowest BCUT2D eigenvalue weighted by Crippen LogP contribution is -2.39. The lowest BCUT2D eigenvalue weighted by Gasteiger charge is -2.20. The molecule has 0 radical (unpaired) electrons. The Morgan fingerprint density at radius 1 is 1.06 bits per heavy atom. The Labute approximate surface area is 181 Å². The summed E-state index contributed by atoms with van der Waals surface area (Å²) < 4.78 is 7.21. The molecule has 0 unspecified atom stereocenters. The van der Waals surface area contributed by atoms with Crippen LogP contribution in [-0.2, 0) is 24.7 Å². The number of carbonyl (C=O) groups excluding carboxylic acids is 2. The van der Waals surface area contributed by atoms with Gasteiger partial charge in [-0.05, 0) is 30.2 Å². The molecule has 9 heteroatoms. The zero-order valence-electron chi connectivity index (χ0n) is 17.4. The van der Waals surface area contributed by atoms with E-state index in [9.17, 15) is 19.2 Å². The Hall–Kier alpha value is -3.30. The third-order valence-corrected chi connectivity index (χ3v) is 5.93. The van der Waals surface area contributed by atoms with Crippen LogP contribution in [0.25, 0.3) is 16.6 Å². The number of carbonyl (C=O) groups is 2. The van der Waals surface area contributed by atoms with Crippen molar-refractivity contribution >= 4 is 40.2 Å². The van der Waals surface area contributed by atoms with E-state index in [4.69, 9.17) is 4.18 Å². The summed E-state index contributed by atoms with van der Waals surface area (Å²) in [5.74, 6) is -0.844. The second kappa shape index (κ2) is 7.75. The van der Waals surface area contributed by atoms with Gasteiger partial charge >= 0.3 is 5.69 Å². The molecule has 2 aromatic heterocycles. The van der Waals surface area contributed by atoms with E-state index in [1.807, 2.05) is 6.07 Å². The normalized spacial score (nSPS) is 13.5. The van der Waals surface area contributed by atoms with E-state index in [1.54, 1.807) is 32.2 Å². The molecular formula is C22H19N3O5S. The number of nitrogens with zero attached hydrogens (tertiary/aromatic N) is 3. The third-order valence-electron chi connectivity index (χ3n) is 5.32. The van der Waals surface area contributed by atoms with Crippen LogP contribution in [0.4, 0.5) is 0 Å². The number of allylic oxidation sites excluding steroid dienone is 2. The zero-order chi connectivity index (χ0) is 22.4. The summed E-state index contributed by atoms with van der Waals surface area (Å²) in [6.45, 7) is 1.80. The molecule has 0 saturated heterocycles. The van der Waals surface area contributed by atoms with Crippen molar-refractivity contribution in [3.05, 3.63) is 73.6 Å². The van der Waals surface area contributed by atoms with Crippen LogP contribution in [0.2, 0.25) is 0 Å². The fraction of sp³-hybridized carbons (Fsp3) is 0.227. The lowest BCUT2D eigenvalue weighted by atomic mass is 9.83. The Balaban J connectivity index is 2.05. The van der Waals surface area contributed by atoms with Crippen molar-refractivity contribution in [2.24, 2.45) is 14.1 Å². The number of aryl methyl sites for hydroxylation is 2. The van der Waals surface area contributed by atoms with E-state index < -0.39 is 17.0 Å². The van der Waals surface area contributed by atoms with Crippen LogP contribution >= 0.6 is 12.0 Å². The molecule has 1 aliphatic rings. The summed E-state index contributed by atoms with van der Waals surface area (Å²) in [5.41, 5.74) is 0.200. The van der Waals surface area contributed by atoms with E-state index in [2.05, 4.69) is 4.98 Å². The fourth-order valence-corrected chi connectivity index (χ4v) is 4.31. The summed E-state index contributed by atoms with van der Waals surface area (Å²) in [5, 5.41) is -0.0193. The van der Waals surface area contributed by atoms with Crippen molar-refractivity contribution in [3.63, 3.8) is 0 Å². The number of rotatable bonds is 4. The predicted octanol–water partition coefficient (Wildman–Crippen LogP) is 2.31. The van der Waals surface area contributed by atoms with Gasteiger partial charge < -0.3 is 4.18 Å². The first-order chi connectivity index (χ1) is 14.8. The van der Waals surface area contributed by atoms with Gasteiger partial charge in [0.1, 0.15) is 5.65 Å². The van der Waals surface area contributed by atoms with Crippen LogP contribution < -0.4 is 11.2 Å². The molecule has 1 aliphatic carbocycles. The largest absolute Gasteiger partial charge is 0.332 e. The van der Waals surface area contributed by atoms with E-state index in [0.29, 0.717) is 17.7 Å². The second-order valence-electron chi connectivity index (χ2n) is 7.10. The minimum atomic E-state index is -0.652. The summed E-state index contributed by atoms with van der Waals surface area (Å²) in [6, 6.07) is 7.11. The fourth-order valence-electron chi connectivity index (χ4n) is 3.81. The highest BCUT2D eigenvalue weighted by molar-refractivity contribution is 7.94. The van der Waals surface area contributed by atoms with E-state index in [1.165, 1.54) is 24.7 Å².